The van der Waals surface area contributed by atoms with Gasteiger partial charge < -0.3 is 20.1 Å². The van der Waals surface area contributed by atoms with Crippen molar-refractivity contribution in [3.8, 4) is 11.5 Å². The van der Waals surface area contributed by atoms with Gasteiger partial charge in [-0.1, -0.05) is 11.6 Å². The first-order chi connectivity index (χ1) is 8.74. The smallest absolute Gasteiger partial charge is 0.231 e. The molecule has 1 aromatic rings. The number of ether oxygens (including phenoxy) is 2. The second kappa shape index (κ2) is 4.66. The van der Waals surface area contributed by atoms with E-state index in [2.05, 4.69) is 10.6 Å². The van der Waals surface area contributed by atoms with Crippen molar-refractivity contribution in [1.29, 1.82) is 0 Å². The number of anilines is 1. The van der Waals surface area contributed by atoms with Crippen LogP contribution in [0.4, 0.5) is 5.69 Å². The average molecular weight is 269 g/mol. The van der Waals surface area contributed by atoms with Gasteiger partial charge in [0.2, 0.25) is 12.7 Å². The predicted molar refractivity (Wildman–Crippen MR) is 67.2 cm³/mol. The molecule has 0 aromatic heterocycles. The maximum atomic E-state index is 12.0. The highest BCUT2D eigenvalue weighted by Gasteiger charge is 2.24. The van der Waals surface area contributed by atoms with Gasteiger partial charge in [0.05, 0.1) is 16.6 Å². The van der Waals surface area contributed by atoms with Crippen LogP contribution >= 0.6 is 11.6 Å². The average Bonchev–Trinajstić information content (AvgIpc) is 2.98. The van der Waals surface area contributed by atoms with E-state index in [9.17, 15) is 4.79 Å². The van der Waals surface area contributed by atoms with Crippen molar-refractivity contribution in [2.24, 2.45) is 5.92 Å². The molecule has 5 nitrogen and oxygen atoms in total. The molecule has 1 amide bonds. The number of rotatable bonds is 2. The van der Waals surface area contributed by atoms with Gasteiger partial charge in [0.1, 0.15) is 0 Å². The molecule has 18 heavy (non-hydrogen) atoms. The van der Waals surface area contributed by atoms with Crippen molar-refractivity contribution in [2.45, 2.75) is 6.42 Å². The van der Waals surface area contributed by atoms with Gasteiger partial charge in [0.15, 0.2) is 11.5 Å². The summed E-state index contributed by atoms with van der Waals surface area (Å²) in [5, 5.41) is 6.45. The number of benzene rings is 1. The lowest BCUT2D eigenvalue weighted by Gasteiger charge is -2.11. The van der Waals surface area contributed by atoms with E-state index in [1.165, 1.54) is 0 Å². The lowest BCUT2D eigenvalue weighted by Crippen LogP contribution is -2.24. The van der Waals surface area contributed by atoms with E-state index in [4.69, 9.17) is 21.1 Å². The summed E-state index contributed by atoms with van der Waals surface area (Å²) in [6, 6.07) is 3.36. The Morgan fingerprint density at radius 2 is 2.17 bits per heavy atom. The number of carbonyl (C=O) groups is 1. The van der Waals surface area contributed by atoms with Crippen LogP contribution in [0, 0.1) is 5.92 Å². The number of carbonyl (C=O) groups excluding carboxylic acids is 1. The van der Waals surface area contributed by atoms with E-state index < -0.39 is 0 Å². The topological polar surface area (TPSA) is 59.6 Å². The highest BCUT2D eigenvalue weighted by Crippen LogP contribution is 2.39. The molecule has 0 spiro atoms. The molecular weight excluding hydrogens is 256 g/mol. The molecule has 2 heterocycles. The minimum Gasteiger partial charge on any atom is -0.454 e. The van der Waals surface area contributed by atoms with Crippen LogP contribution in [0.1, 0.15) is 6.42 Å². The third kappa shape index (κ3) is 2.11. The van der Waals surface area contributed by atoms with Gasteiger partial charge in [-0.05, 0) is 13.0 Å². The molecule has 0 radical (unpaired) electrons. The van der Waals surface area contributed by atoms with Gasteiger partial charge in [-0.3, -0.25) is 4.79 Å². The molecule has 3 rings (SSSR count). The normalized spacial score (nSPS) is 21.1. The van der Waals surface area contributed by atoms with Gasteiger partial charge in [-0.15, -0.1) is 0 Å². The van der Waals surface area contributed by atoms with Gasteiger partial charge in [-0.25, -0.2) is 0 Å². The fraction of sp³-hybridized carbons (Fsp3) is 0.417. The molecule has 1 saturated heterocycles. The van der Waals surface area contributed by atoms with E-state index in [-0.39, 0.29) is 18.6 Å². The molecule has 96 valence electrons. The highest BCUT2D eigenvalue weighted by molar-refractivity contribution is 6.34. The zero-order valence-corrected chi connectivity index (χ0v) is 10.4. The maximum Gasteiger partial charge on any atom is 0.231 e. The molecule has 1 fully saturated rings. The van der Waals surface area contributed by atoms with Gasteiger partial charge in [0, 0.05) is 18.7 Å². The van der Waals surface area contributed by atoms with Crippen LogP contribution in [0.2, 0.25) is 5.02 Å². The zero-order valence-electron chi connectivity index (χ0n) is 9.66. The summed E-state index contributed by atoms with van der Waals surface area (Å²) in [7, 11) is 0. The molecule has 0 bridgehead atoms. The lowest BCUT2D eigenvalue weighted by molar-refractivity contribution is -0.119. The molecule has 1 atom stereocenters. The second-order valence-corrected chi connectivity index (χ2v) is 4.77. The Kier molecular flexibility index (Phi) is 3.01. The first-order valence-corrected chi connectivity index (χ1v) is 6.22. The van der Waals surface area contributed by atoms with Crippen molar-refractivity contribution in [3.05, 3.63) is 17.2 Å². The Hall–Kier alpha value is -1.46. The number of nitrogens with one attached hydrogen (secondary N) is 2. The summed E-state index contributed by atoms with van der Waals surface area (Å²) in [5.41, 5.74) is 0.567. The molecule has 2 aliphatic rings. The Bertz CT molecular complexity index is 486. The number of hydrogen-bond donors (Lipinski definition) is 2. The van der Waals surface area contributed by atoms with Crippen molar-refractivity contribution < 1.29 is 14.3 Å². The minimum absolute atomic E-state index is 0.00601. The van der Waals surface area contributed by atoms with Crippen LogP contribution in [0.5, 0.6) is 11.5 Å². The first-order valence-electron chi connectivity index (χ1n) is 5.85. The summed E-state index contributed by atoms with van der Waals surface area (Å²) in [5.74, 6) is 1.21. The van der Waals surface area contributed by atoms with E-state index in [1.54, 1.807) is 12.1 Å². The SMILES string of the molecule is O=C(Nc1cc2c(cc1Cl)OCO2)C1CCNC1. The third-order valence-corrected chi connectivity index (χ3v) is 3.46. The van der Waals surface area contributed by atoms with Crippen LogP contribution in [-0.2, 0) is 4.79 Å². The van der Waals surface area contributed by atoms with Gasteiger partial charge >= 0.3 is 0 Å². The molecule has 2 aliphatic heterocycles. The van der Waals surface area contributed by atoms with Crippen LogP contribution in [-0.4, -0.2) is 25.8 Å². The standard InChI is InChI=1S/C12H13ClN2O3/c13-8-3-10-11(18-6-17-10)4-9(8)15-12(16)7-1-2-14-5-7/h3-4,7,14H,1-2,5-6H2,(H,15,16). The lowest BCUT2D eigenvalue weighted by atomic mass is 10.1. The summed E-state index contributed by atoms with van der Waals surface area (Å²) in [6.45, 7) is 1.79. The molecule has 1 aromatic carbocycles. The molecule has 1 unspecified atom stereocenters. The zero-order chi connectivity index (χ0) is 12.5. The monoisotopic (exact) mass is 268 g/mol. The number of hydrogen-bond acceptors (Lipinski definition) is 4. The minimum atomic E-state index is -0.0132. The second-order valence-electron chi connectivity index (χ2n) is 4.36. The third-order valence-electron chi connectivity index (χ3n) is 3.15. The number of halogens is 1. The van der Waals surface area contributed by atoms with E-state index in [1.807, 2.05) is 0 Å². The fourth-order valence-electron chi connectivity index (χ4n) is 2.13. The molecule has 6 heteroatoms. The van der Waals surface area contributed by atoms with Crippen molar-refractivity contribution in [1.82, 2.24) is 5.32 Å². The summed E-state index contributed by atoms with van der Waals surface area (Å²) in [6.07, 6.45) is 0.855. The Morgan fingerprint density at radius 3 is 2.89 bits per heavy atom. The molecular formula is C12H13ClN2O3. The summed E-state index contributed by atoms with van der Waals surface area (Å²) in [4.78, 5) is 12.0. The van der Waals surface area contributed by atoms with Gasteiger partial charge in [-0.2, -0.15) is 0 Å². The van der Waals surface area contributed by atoms with Crippen molar-refractivity contribution in [2.75, 3.05) is 25.2 Å². The van der Waals surface area contributed by atoms with Crippen molar-refractivity contribution >= 4 is 23.2 Å². The quantitative estimate of drug-likeness (QED) is 0.856. The first kappa shape index (κ1) is 11.6. The van der Waals surface area contributed by atoms with Gasteiger partial charge in [0.25, 0.3) is 0 Å². The summed E-state index contributed by atoms with van der Waals surface area (Å²) < 4.78 is 10.5. The highest BCUT2D eigenvalue weighted by atomic mass is 35.5. The van der Waals surface area contributed by atoms with E-state index >= 15 is 0 Å². The summed E-state index contributed by atoms with van der Waals surface area (Å²) >= 11 is 6.09. The van der Waals surface area contributed by atoms with Crippen LogP contribution in [0.3, 0.4) is 0 Å². The van der Waals surface area contributed by atoms with Crippen LogP contribution in [0.25, 0.3) is 0 Å². The van der Waals surface area contributed by atoms with Crippen LogP contribution in [0.15, 0.2) is 12.1 Å². The van der Waals surface area contributed by atoms with Crippen LogP contribution < -0.4 is 20.1 Å². The molecule has 0 saturated carbocycles. The number of amides is 1. The fourth-order valence-corrected chi connectivity index (χ4v) is 2.33. The predicted octanol–water partition coefficient (Wildman–Crippen LogP) is 1.62. The van der Waals surface area contributed by atoms with E-state index in [0.717, 1.165) is 13.0 Å². The van der Waals surface area contributed by atoms with Crippen molar-refractivity contribution in [3.63, 3.8) is 0 Å². The Labute approximate surface area is 109 Å². The van der Waals surface area contributed by atoms with E-state index in [0.29, 0.717) is 28.8 Å². The number of fused-ring (bicyclic) bond motifs is 1. The largest absolute Gasteiger partial charge is 0.454 e. The Balaban J connectivity index is 1.78. The molecule has 2 N–H and O–H groups in total. The molecule has 0 aliphatic carbocycles. The Morgan fingerprint density at radius 1 is 1.39 bits per heavy atom. The maximum absolute atomic E-state index is 12.0.